The summed E-state index contributed by atoms with van der Waals surface area (Å²) in [6.45, 7) is 2.02. The summed E-state index contributed by atoms with van der Waals surface area (Å²) in [7, 11) is 0. The van der Waals surface area contributed by atoms with Gasteiger partial charge in [-0.3, -0.25) is 9.59 Å². The summed E-state index contributed by atoms with van der Waals surface area (Å²) >= 11 is 0. The van der Waals surface area contributed by atoms with E-state index < -0.39 is 0 Å². The Morgan fingerprint density at radius 1 is 1.28 bits per heavy atom. The molecule has 0 atom stereocenters. The highest BCUT2D eigenvalue weighted by molar-refractivity contribution is 5.94. The highest BCUT2D eigenvalue weighted by atomic mass is 16.2. The van der Waals surface area contributed by atoms with Crippen LogP contribution in [0, 0.1) is 0 Å². The highest BCUT2D eigenvalue weighted by Crippen LogP contribution is 2.09. The predicted octanol–water partition coefficient (Wildman–Crippen LogP) is 0.107. The van der Waals surface area contributed by atoms with Gasteiger partial charge in [-0.25, -0.2) is 0 Å². The van der Waals surface area contributed by atoms with Gasteiger partial charge in [-0.1, -0.05) is 12.1 Å². The van der Waals surface area contributed by atoms with Gasteiger partial charge in [0.25, 0.3) is 5.91 Å². The van der Waals surface area contributed by atoms with Gasteiger partial charge in [0.05, 0.1) is 0 Å². The van der Waals surface area contributed by atoms with E-state index in [1.165, 1.54) is 0 Å². The molecule has 2 rings (SSSR count). The van der Waals surface area contributed by atoms with E-state index in [2.05, 4.69) is 5.32 Å². The predicted molar refractivity (Wildman–Crippen MR) is 67.9 cm³/mol. The summed E-state index contributed by atoms with van der Waals surface area (Å²) in [5, 5.41) is 2.75. The van der Waals surface area contributed by atoms with Crippen molar-refractivity contribution in [2.24, 2.45) is 5.73 Å². The molecule has 96 valence electrons. The quantitative estimate of drug-likeness (QED) is 0.778. The molecule has 5 heteroatoms. The third-order valence-electron chi connectivity index (χ3n) is 3.04. The van der Waals surface area contributed by atoms with Crippen LogP contribution in [0.25, 0.3) is 0 Å². The van der Waals surface area contributed by atoms with E-state index in [1.807, 2.05) is 12.1 Å². The average molecular weight is 247 g/mol. The minimum Gasteiger partial charge on any atom is -0.354 e. The molecule has 1 aromatic rings. The van der Waals surface area contributed by atoms with Gasteiger partial charge in [0.2, 0.25) is 5.91 Å². The number of amides is 2. The Morgan fingerprint density at radius 3 is 2.67 bits per heavy atom. The first-order valence-electron chi connectivity index (χ1n) is 6.05. The molecule has 0 aromatic heterocycles. The molecule has 3 N–H and O–H groups in total. The van der Waals surface area contributed by atoms with Gasteiger partial charge < -0.3 is 16.0 Å². The van der Waals surface area contributed by atoms with Crippen LogP contribution in [0.1, 0.15) is 22.3 Å². The molecule has 0 aliphatic carbocycles. The summed E-state index contributed by atoms with van der Waals surface area (Å²) in [6.07, 6.45) is 0.368. The van der Waals surface area contributed by atoms with Gasteiger partial charge in [0.1, 0.15) is 0 Å². The van der Waals surface area contributed by atoms with Gasteiger partial charge in [-0.15, -0.1) is 0 Å². The molecule has 1 heterocycles. The fourth-order valence-corrected chi connectivity index (χ4v) is 1.94. The molecule has 1 aliphatic rings. The molecule has 1 aliphatic heterocycles. The third kappa shape index (κ3) is 2.87. The Balaban J connectivity index is 2.07. The fourth-order valence-electron chi connectivity index (χ4n) is 1.94. The number of rotatable bonds is 2. The van der Waals surface area contributed by atoms with Crippen molar-refractivity contribution in [1.82, 2.24) is 10.2 Å². The van der Waals surface area contributed by atoms with Crippen LogP contribution in [-0.2, 0) is 11.3 Å². The Kier molecular flexibility index (Phi) is 3.94. The molecule has 1 saturated heterocycles. The van der Waals surface area contributed by atoms with Crippen LogP contribution < -0.4 is 11.1 Å². The maximum absolute atomic E-state index is 12.2. The zero-order chi connectivity index (χ0) is 13.0. The van der Waals surface area contributed by atoms with E-state index in [-0.39, 0.29) is 11.8 Å². The first-order chi connectivity index (χ1) is 8.70. The molecular weight excluding hydrogens is 230 g/mol. The lowest BCUT2D eigenvalue weighted by atomic mass is 10.1. The first-order valence-corrected chi connectivity index (χ1v) is 6.05. The number of carbonyl (C=O) groups is 2. The second-order valence-corrected chi connectivity index (χ2v) is 4.29. The van der Waals surface area contributed by atoms with Crippen molar-refractivity contribution in [3.05, 3.63) is 35.4 Å². The summed E-state index contributed by atoms with van der Waals surface area (Å²) in [5.74, 6) is -0.0288. The van der Waals surface area contributed by atoms with Crippen molar-refractivity contribution in [2.75, 3.05) is 19.6 Å². The molecule has 0 bridgehead atoms. The molecule has 5 nitrogen and oxygen atoms in total. The number of nitrogens with zero attached hydrogens (tertiary/aromatic N) is 1. The van der Waals surface area contributed by atoms with Crippen LogP contribution in [0.4, 0.5) is 0 Å². The van der Waals surface area contributed by atoms with Crippen molar-refractivity contribution in [1.29, 1.82) is 0 Å². The molecule has 2 amide bonds. The van der Waals surface area contributed by atoms with Crippen molar-refractivity contribution in [2.45, 2.75) is 13.0 Å². The van der Waals surface area contributed by atoms with E-state index in [0.29, 0.717) is 38.2 Å². The van der Waals surface area contributed by atoms with Gasteiger partial charge in [-0.05, 0) is 17.7 Å². The van der Waals surface area contributed by atoms with Crippen LogP contribution in [-0.4, -0.2) is 36.3 Å². The van der Waals surface area contributed by atoms with Gasteiger partial charge in [-0.2, -0.15) is 0 Å². The molecule has 0 radical (unpaired) electrons. The van der Waals surface area contributed by atoms with Crippen molar-refractivity contribution in [3.8, 4) is 0 Å². The topological polar surface area (TPSA) is 75.4 Å². The Bertz CT molecular complexity index is 442. The lowest BCUT2D eigenvalue weighted by Gasteiger charge is -2.19. The maximum atomic E-state index is 12.2. The lowest BCUT2D eigenvalue weighted by Crippen LogP contribution is -2.34. The molecular formula is C13H17N3O2. The first kappa shape index (κ1) is 12.6. The summed E-state index contributed by atoms with van der Waals surface area (Å²) in [6, 6.07) is 7.28. The zero-order valence-corrected chi connectivity index (χ0v) is 10.2. The summed E-state index contributed by atoms with van der Waals surface area (Å²) < 4.78 is 0. The van der Waals surface area contributed by atoms with Gasteiger partial charge in [0, 0.05) is 38.2 Å². The fraction of sp³-hybridized carbons (Fsp3) is 0.385. The Labute approximate surface area is 106 Å². The largest absolute Gasteiger partial charge is 0.354 e. The minimum atomic E-state index is -0.0323. The second kappa shape index (κ2) is 5.64. The number of nitrogens with two attached hydrogens (primary N) is 1. The Morgan fingerprint density at radius 2 is 2.00 bits per heavy atom. The number of hydrogen-bond acceptors (Lipinski definition) is 3. The summed E-state index contributed by atoms with van der Waals surface area (Å²) in [4.78, 5) is 25.1. The number of nitrogens with one attached hydrogen (secondary N) is 1. The van der Waals surface area contributed by atoms with Gasteiger partial charge in [0.15, 0.2) is 0 Å². The molecule has 1 aromatic carbocycles. The zero-order valence-electron chi connectivity index (χ0n) is 10.2. The smallest absolute Gasteiger partial charge is 0.253 e. The van der Waals surface area contributed by atoms with Crippen LogP contribution in [0.2, 0.25) is 0 Å². The SMILES string of the molecule is NCc1ccc(C(=O)N2CCNC(=O)CC2)cc1. The van der Waals surface area contributed by atoms with Gasteiger partial charge >= 0.3 is 0 Å². The minimum absolute atomic E-state index is 0.00350. The second-order valence-electron chi connectivity index (χ2n) is 4.29. The lowest BCUT2D eigenvalue weighted by molar-refractivity contribution is -0.120. The van der Waals surface area contributed by atoms with Crippen LogP contribution in [0.3, 0.4) is 0 Å². The molecule has 0 saturated carbocycles. The van der Waals surface area contributed by atoms with E-state index in [0.717, 1.165) is 5.56 Å². The van der Waals surface area contributed by atoms with Crippen molar-refractivity contribution < 1.29 is 9.59 Å². The van der Waals surface area contributed by atoms with Crippen LogP contribution in [0.15, 0.2) is 24.3 Å². The molecule has 18 heavy (non-hydrogen) atoms. The molecule has 0 spiro atoms. The maximum Gasteiger partial charge on any atom is 0.253 e. The molecule has 1 fully saturated rings. The van der Waals surface area contributed by atoms with E-state index >= 15 is 0 Å². The number of benzene rings is 1. The summed E-state index contributed by atoms with van der Waals surface area (Å²) in [5.41, 5.74) is 7.15. The van der Waals surface area contributed by atoms with Crippen molar-refractivity contribution in [3.63, 3.8) is 0 Å². The van der Waals surface area contributed by atoms with E-state index in [1.54, 1.807) is 17.0 Å². The molecule has 0 unspecified atom stereocenters. The monoisotopic (exact) mass is 247 g/mol. The standard InChI is InChI=1S/C13H17N3O2/c14-9-10-1-3-11(4-2-10)13(18)16-7-5-12(17)15-6-8-16/h1-4H,5-9,14H2,(H,15,17). The number of carbonyl (C=O) groups excluding carboxylic acids is 2. The highest BCUT2D eigenvalue weighted by Gasteiger charge is 2.19. The average Bonchev–Trinajstić information content (AvgIpc) is 2.63. The van der Waals surface area contributed by atoms with E-state index in [4.69, 9.17) is 5.73 Å². The van der Waals surface area contributed by atoms with Crippen molar-refractivity contribution >= 4 is 11.8 Å². The Hall–Kier alpha value is -1.88. The number of hydrogen-bond donors (Lipinski definition) is 2. The van der Waals surface area contributed by atoms with E-state index in [9.17, 15) is 9.59 Å². The van der Waals surface area contributed by atoms with Crippen LogP contribution in [0.5, 0.6) is 0 Å². The normalized spacial score (nSPS) is 16.1. The van der Waals surface area contributed by atoms with Crippen LogP contribution >= 0.6 is 0 Å². The third-order valence-corrected chi connectivity index (χ3v) is 3.04.